The molecular formula is C36H42ClN7O3. The number of halogens is 1. The van der Waals surface area contributed by atoms with E-state index in [2.05, 4.69) is 54.2 Å². The number of carbonyl (C=O) groups is 1. The van der Waals surface area contributed by atoms with Crippen molar-refractivity contribution in [1.82, 2.24) is 24.8 Å². The molecule has 0 radical (unpaired) electrons. The molecule has 0 saturated carbocycles. The molecule has 11 heteroatoms. The number of anilines is 3. The molecule has 1 saturated heterocycles. The summed E-state index contributed by atoms with van der Waals surface area (Å²) in [6, 6.07) is 12.4. The van der Waals surface area contributed by atoms with E-state index in [0.29, 0.717) is 51.3 Å². The highest BCUT2D eigenvalue weighted by Gasteiger charge is 2.11. The van der Waals surface area contributed by atoms with Crippen LogP contribution in [0, 0.1) is 17.8 Å². The molecule has 3 aromatic heterocycles. The molecule has 0 bridgehead atoms. The summed E-state index contributed by atoms with van der Waals surface area (Å²) in [6.07, 6.45) is 13.8. The lowest BCUT2D eigenvalue weighted by molar-refractivity contribution is -0.111. The Hall–Kier alpha value is -4.30. The first-order valence-corrected chi connectivity index (χ1v) is 16.8. The van der Waals surface area contributed by atoms with Gasteiger partial charge in [-0.15, -0.1) is 0 Å². The lowest BCUT2D eigenvalue weighted by Gasteiger charge is -2.26. The number of aromatic nitrogens is 4. The molecule has 10 nitrogen and oxygen atoms in total. The summed E-state index contributed by atoms with van der Waals surface area (Å²) in [5, 5.41) is 7.13. The van der Waals surface area contributed by atoms with Crippen LogP contribution in [0.3, 0.4) is 0 Å². The number of carbonyl (C=O) groups excluding carboxylic acids is 1. The second-order valence-electron chi connectivity index (χ2n) is 11.8. The quantitative estimate of drug-likeness (QED) is 0.0985. The minimum Gasteiger partial charge on any atom is -0.437 e. The van der Waals surface area contributed by atoms with E-state index in [0.717, 1.165) is 45.1 Å². The van der Waals surface area contributed by atoms with E-state index in [1.165, 1.54) is 45.0 Å². The molecule has 4 aromatic rings. The molecule has 47 heavy (non-hydrogen) atoms. The minimum absolute atomic E-state index is 0.366. The fourth-order valence-corrected chi connectivity index (χ4v) is 5.63. The Labute approximate surface area is 281 Å². The Kier molecular flexibility index (Phi) is 13.1. The molecule has 0 aliphatic carbocycles. The monoisotopic (exact) mass is 655 g/mol. The van der Waals surface area contributed by atoms with E-state index in [1.807, 2.05) is 18.2 Å². The van der Waals surface area contributed by atoms with Crippen LogP contribution in [0.5, 0.6) is 11.6 Å². The maximum Gasteiger partial charge on any atom is 0.301 e. The number of ether oxygens (including phenoxy) is 2. The van der Waals surface area contributed by atoms with Gasteiger partial charge in [-0.25, -0.2) is 19.9 Å². The lowest BCUT2D eigenvalue weighted by Crippen LogP contribution is -2.36. The Morgan fingerprint density at radius 2 is 1.87 bits per heavy atom. The average molecular weight is 656 g/mol. The molecule has 1 fully saturated rings. The highest BCUT2D eigenvalue weighted by molar-refractivity contribution is 6.32. The van der Waals surface area contributed by atoms with Gasteiger partial charge in [-0.2, -0.15) is 0 Å². The van der Waals surface area contributed by atoms with E-state index in [9.17, 15) is 4.79 Å². The van der Waals surface area contributed by atoms with Crippen LogP contribution in [-0.4, -0.2) is 63.6 Å². The van der Waals surface area contributed by atoms with Crippen molar-refractivity contribution in [3.05, 3.63) is 66.2 Å². The summed E-state index contributed by atoms with van der Waals surface area (Å²) in [7, 11) is 0. The van der Waals surface area contributed by atoms with Crippen molar-refractivity contribution in [3.63, 3.8) is 0 Å². The van der Waals surface area contributed by atoms with Crippen molar-refractivity contribution in [1.29, 1.82) is 0 Å². The molecule has 0 spiro atoms. The largest absolute Gasteiger partial charge is 0.437 e. The molecule has 1 aliphatic heterocycles. The van der Waals surface area contributed by atoms with Gasteiger partial charge in [0, 0.05) is 42.8 Å². The van der Waals surface area contributed by atoms with Gasteiger partial charge in [-0.3, -0.25) is 15.0 Å². The van der Waals surface area contributed by atoms with Gasteiger partial charge < -0.3 is 14.8 Å². The molecule has 2 N–H and O–H groups in total. The average Bonchev–Trinajstić information content (AvgIpc) is 3.08. The zero-order chi connectivity index (χ0) is 32.7. The first kappa shape index (κ1) is 34.0. The molecule has 1 aromatic carbocycles. The highest BCUT2D eigenvalue weighted by atomic mass is 35.5. The van der Waals surface area contributed by atoms with Crippen LogP contribution in [0.4, 0.5) is 17.3 Å². The molecule has 1 aliphatic rings. The van der Waals surface area contributed by atoms with E-state index in [4.69, 9.17) is 21.1 Å². The molecular weight excluding hydrogens is 614 g/mol. The van der Waals surface area contributed by atoms with Crippen LogP contribution >= 0.6 is 11.6 Å². The van der Waals surface area contributed by atoms with Crippen LogP contribution in [0.25, 0.3) is 10.9 Å². The van der Waals surface area contributed by atoms with Crippen LogP contribution < -0.4 is 15.4 Å². The van der Waals surface area contributed by atoms with E-state index in [-0.39, 0.29) is 0 Å². The van der Waals surface area contributed by atoms with Crippen molar-refractivity contribution in [3.8, 4) is 23.5 Å². The Balaban J connectivity index is 1.04. The number of hydrogen-bond acceptors (Lipinski definition) is 9. The Bertz CT molecular complexity index is 1660. The van der Waals surface area contributed by atoms with Crippen molar-refractivity contribution in [2.75, 3.05) is 43.5 Å². The summed E-state index contributed by atoms with van der Waals surface area (Å²) in [5.74, 6) is 7.86. The normalized spacial score (nSPS) is 13.8. The van der Waals surface area contributed by atoms with Gasteiger partial charge in [0.15, 0.2) is 0 Å². The lowest BCUT2D eigenvalue weighted by atomic mass is 9.97. The summed E-state index contributed by atoms with van der Waals surface area (Å²) < 4.78 is 11.2. The number of nitrogens with one attached hydrogen (secondary N) is 2. The molecule has 4 heterocycles. The van der Waals surface area contributed by atoms with Gasteiger partial charge in [0.2, 0.25) is 5.88 Å². The molecule has 5 rings (SSSR count). The van der Waals surface area contributed by atoms with Gasteiger partial charge in [-0.05, 0) is 61.6 Å². The summed E-state index contributed by atoms with van der Waals surface area (Å²) >= 11 is 6.48. The van der Waals surface area contributed by atoms with Crippen LogP contribution in [-0.2, 0) is 9.53 Å². The predicted octanol–water partition coefficient (Wildman–Crippen LogP) is 7.64. The zero-order valence-corrected chi connectivity index (χ0v) is 27.6. The zero-order valence-electron chi connectivity index (χ0n) is 26.9. The Morgan fingerprint density at radius 1 is 1.02 bits per heavy atom. The third kappa shape index (κ3) is 11.2. The van der Waals surface area contributed by atoms with E-state index >= 15 is 0 Å². The number of pyridine rings is 2. The van der Waals surface area contributed by atoms with Crippen molar-refractivity contribution < 1.29 is 14.3 Å². The topological polar surface area (TPSA) is 114 Å². The second kappa shape index (κ2) is 18.1. The number of rotatable bonds is 15. The predicted molar refractivity (Wildman–Crippen MR) is 186 cm³/mol. The molecule has 1 atom stereocenters. The fourth-order valence-electron chi connectivity index (χ4n) is 5.42. The standard InChI is InChI=1S/C36H42ClN7O3/c1-27(12-6-4-10-18-44-19-21-46-22-20-44)11-5-2-3-7-13-34(45)43-33-24-29-31(25-39-33)40-26-41-36(29)42-28-15-16-32(30(37)23-28)47-35-14-8-9-17-38-35/h8-9,14-17,23-27H,2-6,10-12,18-22H2,1H3,(H,39,43,45)(H,40,41,42). The molecule has 246 valence electrons. The number of amides is 1. The van der Waals surface area contributed by atoms with Gasteiger partial charge in [0.25, 0.3) is 0 Å². The van der Waals surface area contributed by atoms with Gasteiger partial charge in [-0.1, -0.05) is 62.6 Å². The number of hydrogen-bond donors (Lipinski definition) is 2. The van der Waals surface area contributed by atoms with Gasteiger partial charge in [0.05, 0.1) is 29.9 Å². The van der Waals surface area contributed by atoms with Gasteiger partial charge in [0.1, 0.15) is 23.7 Å². The first-order chi connectivity index (χ1) is 23.0. The summed E-state index contributed by atoms with van der Waals surface area (Å²) in [4.78, 5) is 32.2. The summed E-state index contributed by atoms with van der Waals surface area (Å²) in [6.45, 7) is 7.45. The van der Waals surface area contributed by atoms with Crippen LogP contribution in [0.2, 0.25) is 5.02 Å². The van der Waals surface area contributed by atoms with Crippen molar-refractivity contribution in [2.45, 2.75) is 58.3 Å². The maximum atomic E-state index is 12.5. The second-order valence-corrected chi connectivity index (χ2v) is 12.2. The number of fused-ring (bicyclic) bond motifs is 1. The fraction of sp³-hybridized carbons (Fsp3) is 0.417. The first-order valence-electron chi connectivity index (χ1n) is 16.4. The van der Waals surface area contributed by atoms with Crippen LogP contribution in [0.15, 0.2) is 61.2 Å². The third-order valence-electron chi connectivity index (χ3n) is 8.04. The maximum absolute atomic E-state index is 12.5. The summed E-state index contributed by atoms with van der Waals surface area (Å²) in [5.41, 5.74) is 1.32. The highest BCUT2D eigenvalue weighted by Crippen LogP contribution is 2.33. The number of benzene rings is 1. The molecule has 1 amide bonds. The number of unbranched alkanes of at least 4 members (excludes halogenated alkanes) is 4. The van der Waals surface area contributed by atoms with Gasteiger partial charge >= 0.3 is 5.91 Å². The van der Waals surface area contributed by atoms with Crippen LogP contribution in [0.1, 0.15) is 58.3 Å². The van der Waals surface area contributed by atoms with E-state index < -0.39 is 5.91 Å². The SMILES string of the molecule is CC(CCCCC#CC(=O)Nc1cc2c(Nc3ccc(Oc4ccccn4)c(Cl)c3)ncnc2cn1)CCCCCN1CCOCC1. The van der Waals surface area contributed by atoms with Crippen molar-refractivity contribution >= 4 is 45.7 Å². The number of nitrogens with zero attached hydrogens (tertiary/aromatic N) is 5. The van der Waals surface area contributed by atoms with Crippen molar-refractivity contribution in [2.24, 2.45) is 5.92 Å². The number of morpholine rings is 1. The smallest absolute Gasteiger partial charge is 0.301 e. The molecule has 1 unspecified atom stereocenters. The minimum atomic E-state index is -0.399. The van der Waals surface area contributed by atoms with E-state index in [1.54, 1.807) is 36.7 Å². The third-order valence-corrected chi connectivity index (χ3v) is 8.33. The Morgan fingerprint density at radius 3 is 2.68 bits per heavy atom.